The van der Waals surface area contributed by atoms with E-state index in [2.05, 4.69) is 10.6 Å². The minimum absolute atomic E-state index is 0.0484. The number of rotatable bonds is 4. The molecule has 6 heteroatoms. The molecule has 2 N–H and O–H groups in total. The minimum atomic E-state index is -0.491. The van der Waals surface area contributed by atoms with E-state index >= 15 is 0 Å². The van der Waals surface area contributed by atoms with Gasteiger partial charge in [0.15, 0.2) is 11.5 Å². The topological polar surface area (TPSA) is 68.8 Å². The summed E-state index contributed by atoms with van der Waals surface area (Å²) >= 11 is 0. The second kappa shape index (κ2) is 7.44. The molecule has 1 aromatic carbocycles. The Hall–Kier alpha value is -2.11. The summed E-state index contributed by atoms with van der Waals surface area (Å²) in [4.78, 5) is 11.6. The monoisotopic (exact) mass is 322 g/mol. The molecule has 0 saturated carbocycles. The van der Waals surface area contributed by atoms with Gasteiger partial charge < -0.3 is 24.8 Å². The average molecular weight is 322 g/mol. The third-order valence-electron chi connectivity index (χ3n) is 3.11. The number of fused-ring (bicyclic) bond motifs is 1. The van der Waals surface area contributed by atoms with Crippen molar-refractivity contribution in [2.24, 2.45) is 0 Å². The maximum absolute atomic E-state index is 11.6. The van der Waals surface area contributed by atoms with Crippen molar-refractivity contribution in [3.63, 3.8) is 0 Å². The lowest BCUT2D eigenvalue weighted by atomic mass is 10.2. The molecule has 1 amide bonds. The van der Waals surface area contributed by atoms with Crippen LogP contribution in [0.4, 0.5) is 10.5 Å². The van der Waals surface area contributed by atoms with Crippen LogP contribution < -0.4 is 20.1 Å². The van der Waals surface area contributed by atoms with Crippen molar-refractivity contribution >= 4 is 11.8 Å². The molecule has 0 aromatic heterocycles. The first kappa shape index (κ1) is 17.2. The SMILES string of the molecule is CC(CNC(=O)OC(C)(C)C)Nc1ccc2c(c1)OCCCO2. The van der Waals surface area contributed by atoms with Crippen molar-refractivity contribution in [3.05, 3.63) is 18.2 Å². The molecule has 0 spiro atoms. The predicted octanol–water partition coefficient (Wildman–Crippen LogP) is 3.17. The van der Waals surface area contributed by atoms with E-state index < -0.39 is 11.7 Å². The van der Waals surface area contributed by atoms with Crippen molar-refractivity contribution < 1.29 is 19.0 Å². The number of alkyl carbamates (subject to hydrolysis) is 1. The molecule has 1 aliphatic rings. The average Bonchev–Trinajstić information content (AvgIpc) is 2.68. The molecule has 1 heterocycles. The van der Waals surface area contributed by atoms with Crippen LogP contribution in [0.2, 0.25) is 0 Å². The normalized spacial score (nSPS) is 15.3. The molecule has 1 atom stereocenters. The van der Waals surface area contributed by atoms with Crippen LogP contribution in [0.3, 0.4) is 0 Å². The highest BCUT2D eigenvalue weighted by Crippen LogP contribution is 2.32. The third-order valence-corrected chi connectivity index (χ3v) is 3.11. The standard InChI is InChI=1S/C17H26N2O4/c1-12(11-18-16(20)23-17(2,3)4)19-13-6-7-14-15(10-13)22-9-5-8-21-14/h6-7,10,12,19H,5,8-9,11H2,1-4H3,(H,18,20). The number of carbonyl (C=O) groups excluding carboxylic acids is 1. The van der Waals surface area contributed by atoms with E-state index in [9.17, 15) is 4.79 Å². The number of nitrogens with one attached hydrogen (secondary N) is 2. The Labute approximate surface area is 137 Å². The third kappa shape index (κ3) is 5.88. The van der Waals surface area contributed by atoms with Crippen LogP contribution in [0.15, 0.2) is 18.2 Å². The Bertz CT molecular complexity index is 540. The summed E-state index contributed by atoms with van der Waals surface area (Å²) in [7, 11) is 0. The molecular formula is C17H26N2O4. The molecule has 23 heavy (non-hydrogen) atoms. The molecule has 0 radical (unpaired) electrons. The first-order chi connectivity index (χ1) is 10.8. The van der Waals surface area contributed by atoms with Gasteiger partial charge in [0, 0.05) is 30.8 Å². The van der Waals surface area contributed by atoms with Crippen LogP contribution in [0.5, 0.6) is 11.5 Å². The van der Waals surface area contributed by atoms with Gasteiger partial charge in [-0.2, -0.15) is 0 Å². The van der Waals surface area contributed by atoms with E-state index in [1.165, 1.54) is 0 Å². The Morgan fingerprint density at radius 1 is 1.26 bits per heavy atom. The van der Waals surface area contributed by atoms with Gasteiger partial charge in [0.05, 0.1) is 13.2 Å². The van der Waals surface area contributed by atoms with Crippen LogP contribution in [-0.2, 0) is 4.74 Å². The number of carbonyl (C=O) groups is 1. The molecule has 0 bridgehead atoms. The number of benzene rings is 1. The lowest BCUT2D eigenvalue weighted by Crippen LogP contribution is -2.38. The largest absolute Gasteiger partial charge is 0.490 e. The summed E-state index contributed by atoms with van der Waals surface area (Å²) in [6.45, 7) is 9.30. The van der Waals surface area contributed by atoms with Crippen LogP contribution in [-0.4, -0.2) is 37.5 Å². The first-order valence-corrected chi connectivity index (χ1v) is 7.96. The number of ether oxygens (including phenoxy) is 3. The Balaban J connectivity index is 1.84. The van der Waals surface area contributed by atoms with E-state index in [0.717, 1.165) is 23.6 Å². The summed E-state index contributed by atoms with van der Waals surface area (Å²) < 4.78 is 16.5. The van der Waals surface area contributed by atoms with Gasteiger partial charge in [-0.15, -0.1) is 0 Å². The molecule has 2 rings (SSSR count). The zero-order chi connectivity index (χ0) is 16.9. The Morgan fingerprint density at radius 2 is 1.96 bits per heavy atom. The van der Waals surface area contributed by atoms with E-state index in [4.69, 9.17) is 14.2 Å². The molecule has 0 saturated heterocycles. The second-order valence-electron chi connectivity index (χ2n) is 6.64. The van der Waals surface area contributed by atoms with Gasteiger partial charge >= 0.3 is 6.09 Å². The number of amides is 1. The van der Waals surface area contributed by atoms with Crippen LogP contribution in [0, 0.1) is 0 Å². The highest BCUT2D eigenvalue weighted by atomic mass is 16.6. The first-order valence-electron chi connectivity index (χ1n) is 7.96. The van der Waals surface area contributed by atoms with E-state index in [0.29, 0.717) is 19.8 Å². The fourth-order valence-corrected chi connectivity index (χ4v) is 2.14. The highest BCUT2D eigenvalue weighted by Gasteiger charge is 2.16. The quantitative estimate of drug-likeness (QED) is 0.891. The van der Waals surface area contributed by atoms with Gasteiger partial charge in [0.2, 0.25) is 0 Å². The molecular weight excluding hydrogens is 296 g/mol. The van der Waals surface area contributed by atoms with Crippen molar-refractivity contribution in [1.82, 2.24) is 5.32 Å². The zero-order valence-electron chi connectivity index (χ0n) is 14.3. The van der Waals surface area contributed by atoms with E-state index in [1.807, 2.05) is 45.9 Å². The van der Waals surface area contributed by atoms with Gasteiger partial charge in [-0.25, -0.2) is 4.79 Å². The van der Waals surface area contributed by atoms with Gasteiger partial charge in [0.25, 0.3) is 0 Å². The molecule has 6 nitrogen and oxygen atoms in total. The summed E-state index contributed by atoms with van der Waals surface area (Å²) in [6.07, 6.45) is 0.470. The maximum atomic E-state index is 11.6. The molecule has 128 valence electrons. The summed E-state index contributed by atoms with van der Waals surface area (Å²) in [5, 5.41) is 6.08. The van der Waals surface area contributed by atoms with E-state index in [-0.39, 0.29) is 6.04 Å². The van der Waals surface area contributed by atoms with Crippen LogP contribution in [0.1, 0.15) is 34.1 Å². The number of hydrogen-bond donors (Lipinski definition) is 2. The van der Waals surface area contributed by atoms with Crippen molar-refractivity contribution in [3.8, 4) is 11.5 Å². The van der Waals surface area contributed by atoms with Gasteiger partial charge in [-0.3, -0.25) is 0 Å². The van der Waals surface area contributed by atoms with E-state index in [1.54, 1.807) is 0 Å². The maximum Gasteiger partial charge on any atom is 0.407 e. The fourth-order valence-electron chi connectivity index (χ4n) is 2.14. The van der Waals surface area contributed by atoms with Crippen molar-refractivity contribution in [2.45, 2.75) is 45.8 Å². The smallest absolute Gasteiger partial charge is 0.407 e. The molecule has 1 aromatic rings. The minimum Gasteiger partial charge on any atom is -0.490 e. The summed E-state index contributed by atoms with van der Waals surface area (Å²) in [6, 6.07) is 5.81. The number of anilines is 1. The Kier molecular flexibility index (Phi) is 5.58. The summed E-state index contributed by atoms with van der Waals surface area (Å²) in [5.41, 5.74) is 0.433. The zero-order valence-corrected chi connectivity index (χ0v) is 14.3. The molecule has 0 fully saturated rings. The Morgan fingerprint density at radius 3 is 2.65 bits per heavy atom. The predicted molar refractivity (Wildman–Crippen MR) is 89.4 cm³/mol. The van der Waals surface area contributed by atoms with Gasteiger partial charge in [-0.05, 0) is 39.8 Å². The van der Waals surface area contributed by atoms with Gasteiger partial charge in [-0.1, -0.05) is 0 Å². The fraction of sp³-hybridized carbons (Fsp3) is 0.588. The lowest BCUT2D eigenvalue weighted by Gasteiger charge is -2.21. The molecule has 1 aliphatic heterocycles. The highest BCUT2D eigenvalue weighted by molar-refractivity contribution is 5.67. The van der Waals surface area contributed by atoms with Crippen LogP contribution >= 0.6 is 0 Å². The molecule has 0 aliphatic carbocycles. The molecule has 1 unspecified atom stereocenters. The number of hydrogen-bond acceptors (Lipinski definition) is 5. The lowest BCUT2D eigenvalue weighted by molar-refractivity contribution is 0.0526. The summed E-state index contributed by atoms with van der Waals surface area (Å²) in [5.74, 6) is 1.52. The van der Waals surface area contributed by atoms with Crippen LogP contribution in [0.25, 0.3) is 0 Å². The second-order valence-corrected chi connectivity index (χ2v) is 6.64. The van der Waals surface area contributed by atoms with Crippen molar-refractivity contribution in [2.75, 3.05) is 25.1 Å². The van der Waals surface area contributed by atoms with Crippen molar-refractivity contribution in [1.29, 1.82) is 0 Å². The van der Waals surface area contributed by atoms with Gasteiger partial charge in [0.1, 0.15) is 5.60 Å².